The molecule has 0 amide bonds. The summed E-state index contributed by atoms with van der Waals surface area (Å²) < 4.78 is 0. The average molecular weight is 139 g/mol. The standard InChI is InChI=1S/C9H17N/c1-2-8-4-3-5-9(6-8)7-10/h3-4,8-9H,2,5-7,10H2,1H3/t8-,9-/m1/s1. The summed E-state index contributed by atoms with van der Waals surface area (Å²) >= 11 is 0. The molecule has 0 heterocycles. The molecule has 1 aliphatic carbocycles. The Kier molecular flexibility index (Phi) is 2.94. The highest BCUT2D eigenvalue weighted by Gasteiger charge is 2.14. The highest BCUT2D eigenvalue weighted by Crippen LogP contribution is 2.24. The van der Waals surface area contributed by atoms with Gasteiger partial charge in [0.25, 0.3) is 0 Å². The summed E-state index contributed by atoms with van der Waals surface area (Å²) in [5.41, 5.74) is 5.59. The van der Waals surface area contributed by atoms with Crippen molar-refractivity contribution in [2.24, 2.45) is 17.6 Å². The second-order valence-electron chi connectivity index (χ2n) is 3.17. The van der Waals surface area contributed by atoms with E-state index in [1.165, 1.54) is 19.3 Å². The first-order chi connectivity index (χ1) is 4.86. The van der Waals surface area contributed by atoms with Gasteiger partial charge in [-0.05, 0) is 37.6 Å². The normalized spacial score (nSPS) is 32.6. The molecular formula is C9H17N. The molecule has 0 spiro atoms. The van der Waals surface area contributed by atoms with Crippen molar-refractivity contribution in [2.45, 2.75) is 26.2 Å². The summed E-state index contributed by atoms with van der Waals surface area (Å²) in [6, 6.07) is 0. The molecule has 1 nitrogen and oxygen atoms in total. The van der Waals surface area contributed by atoms with Crippen LogP contribution in [0.25, 0.3) is 0 Å². The fourth-order valence-electron chi connectivity index (χ4n) is 1.56. The Labute approximate surface area is 63.3 Å². The van der Waals surface area contributed by atoms with Crippen molar-refractivity contribution in [3.8, 4) is 0 Å². The van der Waals surface area contributed by atoms with E-state index in [4.69, 9.17) is 5.73 Å². The average Bonchev–Trinajstić information content (AvgIpc) is 2.05. The van der Waals surface area contributed by atoms with Crippen LogP contribution in [0, 0.1) is 11.8 Å². The van der Waals surface area contributed by atoms with E-state index in [1.54, 1.807) is 0 Å². The van der Waals surface area contributed by atoms with Crippen LogP contribution in [0.3, 0.4) is 0 Å². The monoisotopic (exact) mass is 139 g/mol. The zero-order valence-corrected chi connectivity index (χ0v) is 6.72. The largest absolute Gasteiger partial charge is 0.330 e. The molecule has 2 N–H and O–H groups in total. The van der Waals surface area contributed by atoms with E-state index in [-0.39, 0.29) is 0 Å². The van der Waals surface area contributed by atoms with E-state index in [0.717, 1.165) is 18.4 Å². The van der Waals surface area contributed by atoms with Crippen LogP contribution in [0.1, 0.15) is 26.2 Å². The highest BCUT2D eigenvalue weighted by molar-refractivity contribution is 4.95. The van der Waals surface area contributed by atoms with E-state index >= 15 is 0 Å². The molecule has 1 heteroatoms. The van der Waals surface area contributed by atoms with Gasteiger partial charge in [0.1, 0.15) is 0 Å². The molecule has 58 valence electrons. The molecule has 0 aliphatic heterocycles. The van der Waals surface area contributed by atoms with E-state index in [0.29, 0.717) is 0 Å². The Morgan fingerprint density at radius 1 is 1.60 bits per heavy atom. The molecule has 0 saturated heterocycles. The van der Waals surface area contributed by atoms with E-state index < -0.39 is 0 Å². The zero-order valence-electron chi connectivity index (χ0n) is 6.72. The third-order valence-electron chi connectivity index (χ3n) is 2.37. The van der Waals surface area contributed by atoms with Gasteiger partial charge < -0.3 is 5.73 Å². The Balaban J connectivity index is 2.38. The number of hydrogen-bond donors (Lipinski definition) is 1. The van der Waals surface area contributed by atoms with Gasteiger partial charge in [-0.2, -0.15) is 0 Å². The third kappa shape index (κ3) is 1.84. The van der Waals surface area contributed by atoms with Crippen LogP contribution < -0.4 is 5.73 Å². The smallest absolute Gasteiger partial charge is 0.00457 e. The van der Waals surface area contributed by atoms with Gasteiger partial charge in [0.05, 0.1) is 0 Å². The van der Waals surface area contributed by atoms with E-state index in [2.05, 4.69) is 19.1 Å². The second kappa shape index (κ2) is 3.77. The lowest BCUT2D eigenvalue weighted by Crippen LogP contribution is -2.19. The van der Waals surface area contributed by atoms with Gasteiger partial charge in [-0.25, -0.2) is 0 Å². The maximum absolute atomic E-state index is 5.59. The van der Waals surface area contributed by atoms with Gasteiger partial charge in [0.2, 0.25) is 0 Å². The molecule has 0 aromatic rings. The quantitative estimate of drug-likeness (QED) is 0.581. The van der Waals surface area contributed by atoms with Crippen LogP contribution in [0.4, 0.5) is 0 Å². The van der Waals surface area contributed by atoms with Crippen LogP contribution in [-0.2, 0) is 0 Å². The van der Waals surface area contributed by atoms with Crippen molar-refractivity contribution < 1.29 is 0 Å². The SMILES string of the molecule is CC[C@@H]1C=CC[C@@H](CN)C1. The number of rotatable bonds is 2. The first-order valence-corrected chi connectivity index (χ1v) is 4.23. The molecule has 0 unspecified atom stereocenters. The molecule has 0 aromatic carbocycles. The van der Waals surface area contributed by atoms with Gasteiger partial charge in [-0.1, -0.05) is 19.1 Å². The maximum Gasteiger partial charge on any atom is -0.00457 e. The van der Waals surface area contributed by atoms with Crippen molar-refractivity contribution in [2.75, 3.05) is 6.54 Å². The van der Waals surface area contributed by atoms with Crippen LogP contribution >= 0.6 is 0 Å². The molecule has 0 aromatic heterocycles. The zero-order chi connectivity index (χ0) is 7.40. The first-order valence-electron chi connectivity index (χ1n) is 4.23. The van der Waals surface area contributed by atoms with E-state index in [1.807, 2.05) is 0 Å². The molecule has 1 rings (SSSR count). The summed E-state index contributed by atoms with van der Waals surface area (Å²) in [6.07, 6.45) is 8.41. The molecule has 0 fully saturated rings. The lowest BCUT2D eigenvalue weighted by molar-refractivity contribution is 0.399. The molecule has 0 bridgehead atoms. The summed E-state index contributed by atoms with van der Waals surface area (Å²) in [5, 5.41) is 0. The number of hydrogen-bond acceptors (Lipinski definition) is 1. The second-order valence-corrected chi connectivity index (χ2v) is 3.17. The van der Waals surface area contributed by atoms with Crippen LogP contribution in [0.5, 0.6) is 0 Å². The summed E-state index contributed by atoms with van der Waals surface area (Å²) in [6.45, 7) is 3.11. The molecule has 0 radical (unpaired) electrons. The molecule has 1 aliphatic rings. The van der Waals surface area contributed by atoms with Gasteiger partial charge in [-0.3, -0.25) is 0 Å². The van der Waals surface area contributed by atoms with E-state index in [9.17, 15) is 0 Å². The van der Waals surface area contributed by atoms with Gasteiger partial charge in [0, 0.05) is 0 Å². The molecular weight excluding hydrogens is 122 g/mol. The fraction of sp³-hybridized carbons (Fsp3) is 0.778. The van der Waals surface area contributed by atoms with Gasteiger partial charge >= 0.3 is 0 Å². The topological polar surface area (TPSA) is 26.0 Å². The minimum absolute atomic E-state index is 0.759. The van der Waals surface area contributed by atoms with Crippen molar-refractivity contribution in [1.82, 2.24) is 0 Å². The summed E-state index contributed by atoms with van der Waals surface area (Å²) in [7, 11) is 0. The molecule has 10 heavy (non-hydrogen) atoms. The lowest BCUT2D eigenvalue weighted by Gasteiger charge is -2.22. The van der Waals surface area contributed by atoms with Crippen LogP contribution in [0.2, 0.25) is 0 Å². The number of allylic oxidation sites excluding steroid dienone is 2. The van der Waals surface area contributed by atoms with Crippen molar-refractivity contribution in [3.63, 3.8) is 0 Å². The predicted molar refractivity (Wildman–Crippen MR) is 44.7 cm³/mol. The molecule has 2 atom stereocenters. The highest BCUT2D eigenvalue weighted by atomic mass is 14.5. The fourth-order valence-corrected chi connectivity index (χ4v) is 1.56. The Morgan fingerprint density at radius 3 is 3.00 bits per heavy atom. The predicted octanol–water partition coefficient (Wildman–Crippen LogP) is 1.94. The van der Waals surface area contributed by atoms with Crippen molar-refractivity contribution in [3.05, 3.63) is 12.2 Å². The number of nitrogens with two attached hydrogens (primary N) is 1. The maximum atomic E-state index is 5.59. The van der Waals surface area contributed by atoms with Crippen LogP contribution in [-0.4, -0.2) is 6.54 Å². The Hall–Kier alpha value is -0.300. The minimum Gasteiger partial charge on any atom is -0.330 e. The minimum atomic E-state index is 0.759. The first kappa shape index (κ1) is 7.80. The van der Waals surface area contributed by atoms with Crippen molar-refractivity contribution >= 4 is 0 Å². The summed E-state index contributed by atoms with van der Waals surface area (Å²) in [5.74, 6) is 1.57. The Bertz CT molecular complexity index is 118. The van der Waals surface area contributed by atoms with Crippen molar-refractivity contribution in [1.29, 1.82) is 0 Å². The van der Waals surface area contributed by atoms with Crippen LogP contribution in [0.15, 0.2) is 12.2 Å². The summed E-state index contributed by atoms with van der Waals surface area (Å²) in [4.78, 5) is 0. The van der Waals surface area contributed by atoms with Gasteiger partial charge in [-0.15, -0.1) is 0 Å². The third-order valence-corrected chi connectivity index (χ3v) is 2.37. The van der Waals surface area contributed by atoms with Gasteiger partial charge in [0.15, 0.2) is 0 Å². The Morgan fingerprint density at radius 2 is 2.40 bits per heavy atom. The molecule has 0 saturated carbocycles. The lowest BCUT2D eigenvalue weighted by atomic mass is 9.85.